The zero-order valence-electron chi connectivity index (χ0n) is 18.4. The van der Waals surface area contributed by atoms with E-state index < -0.39 is 46.5 Å². The van der Waals surface area contributed by atoms with Crippen molar-refractivity contribution in [2.75, 3.05) is 24.5 Å². The lowest BCUT2D eigenvalue weighted by Gasteiger charge is -2.56. The molecular formula is C21H34ClNO6S. The van der Waals surface area contributed by atoms with Crippen LogP contribution in [0.25, 0.3) is 0 Å². The average molecular weight is 464 g/mol. The lowest BCUT2D eigenvalue weighted by atomic mass is 9.53. The second kappa shape index (κ2) is 9.88. The minimum Gasteiger partial charge on any atom is -0.390 e. The maximum Gasteiger partial charge on any atom is 0.241 e. The highest BCUT2D eigenvalue weighted by Gasteiger charge is 2.80. The molecule has 7 nitrogen and oxygen atoms in total. The molecule has 0 bridgehead atoms. The van der Waals surface area contributed by atoms with Gasteiger partial charge in [0.1, 0.15) is 23.0 Å². The molecule has 2 amide bonds. The fraction of sp³-hybridized carbons (Fsp3) is 0.810. The van der Waals surface area contributed by atoms with Gasteiger partial charge < -0.3 is 19.7 Å². The van der Waals surface area contributed by atoms with Gasteiger partial charge in [0.15, 0.2) is 0 Å². The van der Waals surface area contributed by atoms with Crippen LogP contribution in [-0.4, -0.2) is 76.0 Å². The van der Waals surface area contributed by atoms with E-state index in [0.717, 1.165) is 11.3 Å². The van der Waals surface area contributed by atoms with Crippen LogP contribution in [0.15, 0.2) is 11.6 Å². The number of halogens is 1. The Morgan fingerprint density at radius 2 is 2.07 bits per heavy atom. The Labute approximate surface area is 187 Å². The summed E-state index contributed by atoms with van der Waals surface area (Å²) >= 11 is 7.12. The SMILES string of the molecule is CCSCC1(O)CCC(O)C(OC)C1(C(=O)NC(=O)CCl)C1(C)OC1CC=C(C)C. The molecule has 1 aliphatic carbocycles. The minimum atomic E-state index is -1.70. The number of thioether (sulfide) groups is 1. The predicted molar refractivity (Wildman–Crippen MR) is 118 cm³/mol. The number of rotatable bonds is 9. The Balaban J connectivity index is 2.64. The lowest BCUT2D eigenvalue weighted by molar-refractivity contribution is -0.227. The smallest absolute Gasteiger partial charge is 0.241 e. The van der Waals surface area contributed by atoms with Gasteiger partial charge in [-0.25, -0.2) is 0 Å². The normalized spacial score (nSPS) is 38.1. The van der Waals surface area contributed by atoms with Crippen LogP contribution < -0.4 is 5.32 Å². The van der Waals surface area contributed by atoms with Crippen LogP contribution in [0.3, 0.4) is 0 Å². The monoisotopic (exact) mass is 463 g/mol. The highest BCUT2D eigenvalue weighted by molar-refractivity contribution is 7.99. The van der Waals surface area contributed by atoms with Gasteiger partial charge in [-0.2, -0.15) is 11.8 Å². The highest BCUT2D eigenvalue weighted by atomic mass is 35.5. The summed E-state index contributed by atoms with van der Waals surface area (Å²) in [7, 11) is 1.40. The summed E-state index contributed by atoms with van der Waals surface area (Å²) in [5, 5.41) is 25.1. The van der Waals surface area contributed by atoms with Gasteiger partial charge >= 0.3 is 0 Å². The van der Waals surface area contributed by atoms with Crippen LogP contribution in [0.1, 0.15) is 47.0 Å². The number of methoxy groups -OCH3 is 1. The van der Waals surface area contributed by atoms with Gasteiger partial charge in [0.2, 0.25) is 11.8 Å². The van der Waals surface area contributed by atoms with Crippen LogP contribution >= 0.6 is 23.4 Å². The van der Waals surface area contributed by atoms with Gasteiger partial charge in [-0.05, 0) is 45.8 Å². The molecule has 172 valence electrons. The number of aliphatic hydroxyl groups excluding tert-OH is 1. The molecule has 1 saturated heterocycles. The number of epoxide rings is 1. The Morgan fingerprint density at radius 3 is 2.60 bits per heavy atom. The topological polar surface area (TPSA) is 108 Å². The van der Waals surface area contributed by atoms with Crippen LogP contribution in [0.5, 0.6) is 0 Å². The summed E-state index contributed by atoms with van der Waals surface area (Å²) in [6.07, 6.45) is 0.574. The molecular weight excluding hydrogens is 430 g/mol. The fourth-order valence-electron chi connectivity index (χ4n) is 4.87. The third kappa shape index (κ3) is 4.32. The quantitative estimate of drug-likeness (QED) is 0.272. The highest BCUT2D eigenvalue weighted by Crippen LogP contribution is 2.63. The number of carbonyl (C=O) groups excluding carboxylic acids is 2. The van der Waals surface area contributed by atoms with Crippen LogP contribution in [0.2, 0.25) is 0 Å². The van der Waals surface area contributed by atoms with Gasteiger partial charge in [0, 0.05) is 12.9 Å². The van der Waals surface area contributed by atoms with Gasteiger partial charge in [0.05, 0.1) is 17.8 Å². The number of alkyl halides is 1. The first-order chi connectivity index (χ1) is 14.0. The first-order valence-electron chi connectivity index (χ1n) is 10.3. The first kappa shape index (κ1) is 25.6. The van der Waals surface area contributed by atoms with E-state index in [9.17, 15) is 19.8 Å². The molecule has 0 aromatic carbocycles. The van der Waals surface area contributed by atoms with Gasteiger partial charge in [-0.1, -0.05) is 18.6 Å². The summed E-state index contributed by atoms with van der Waals surface area (Å²) in [6.45, 7) is 7.66. The molecule has 30 heavy (non-hydrogen) atoms. The molecule has 0 aromatic rings. The van der Waals surface area contributed by atoms with Crippen molar-refractivity contribution in [1.29, 1.82) is 0 Å². The summed E-state index contributed by atoms with van der Waals surface area (Å²) in [5.74, 6) is -0.818. The summed E-state index contributed by atoms with van der Waals surface area (Å²) in [4.78, 5) is 25.8. The van der Waals surface area contributed by atoms with E-state index in [1.807, 2.05) is 26.8 Å². The van der Waals surface area contributed by atoms with Gasteiger partial charge in [0.25, 0.3) is 0 Å². The molecule has 0 aromatic heterocycles. The maximum atomic E-state index is 13.7. The van der Waals surface area contributed by atoms with E-state index in [4.69, 9.17) is 21.1 Å². The van der Waals surface area contributed by atoms with Crippen molar-refractivity contribution in [2.24, 2.45) is 5.41 Å². The third-order valence-electron chi connectivity index (χ3n) is 6.36. The van der Waals surface area contributed by atoms with Crippen molar-refractivity contribution in [3.8, 4) is 0 Å². The van der Waals surface area contributed by atoms with E-state index in [1.165, 1.54) is 18.9 Å². The van der Waals surface area contributed by atoms with Crippen LogP contribution in [-0.2, 0) is 19.1 Å². The van der Waals surface area contributed by atoms with Crippen LogP contribution in [0.4, 0.5) is 0 Å². The Morgan fingerprint density at radius 1 is 1.40 bits per heavy atom. The van der Waals surface area contributed by atoms with Crippen molar-refractivity contribution in [2.45, 2.75) is 76.5 Å². The van der Waals surface area contributed by atoms with Crippen LogP contribution in [0, 0.1) is 5.41 Å². The molecule has 9 heteroatoms. The van der Waals surface area contributed by atoms with E-state index in [-0.39, 0.29) is 24.7 Å². The molecule has 0 radical (unpaired) electrons. The fourth-order valence-corrected chi connectivity index (χ4v) is 5.85. The van der Waals surface area contributed by atoms with E-state index in [0.29, 0.717) is 6.42 Å². The molecule has 6 unspecified atom stereocenters. The Bertz CT molecular complexity index is 682. The molecule has 3 N–H and O–H groups in total. The van der Waals surface area contributed by atoms with Crippen molar-refractivity contribution >= 4 is 35.2 Å². The number of aliphatic hydroxyl groups is 2. The zero-order chi connectivity index (χ0) is 22.7. The second-order valence-corrected chi connectivity index (χ2v) is 10.0. The molecule has 2 fully saturated rings. The molecule has 0 spiro atoms. The summed E-state index contributed by atoms with van der Waals surface area (Å²) < 4.78 is 11.7. The third-order valence-corrected chi connectivity index (χ3v) is 7.70. The standard InChI is InChI=1S/C21H34ClNO6S/c1-6-30-12-20(27)10-9-14(24)17(28-5)21(20,18(26)23-16(25)11-22)19(4)15(29-19)8-7-13(2)3/h7,14-15,17,24,27H,6,8-12H2,1-5H3,(H,23,25,26). The van der Waals surface area contributed by atoms with Crippen molar-refractivity contribution in [1.82, 2.24) is 5.32 Å². The summed E-state index contributed by atoms with van der Waals surface area (Å²) in [6, 6.07) is 0. The number of carbonyl (C=O) groups is 2. The number of allylic oxidation sites excluding steroid dienone is 1. The number of hydrogen-bond donors (Lipinski definition) is 3. The molecule has 1 saturated carbocycles. The van der Waals surface area contributed by atoms with Crippen molar-refractivity contribution in [3.05, 3.63) is 11.6 Å². The maximum absolute atomic E-state index is 13.7. The average Bonchev–Trinajstić information content (AvgIpc) is 3.37. The summed E-state index contributed by atoms with van der Waals surface area (Å²) in [5.41, 5.74) is -3.29. The van der Waals surface area contributed by atoms with Crippen molar-refractivity contribution < 1.29 is 29.3 Å². The minimum absolute atomic E-state index is 0.178. The number of imide groups is 1. The van der Waals surface area contributed by atoms with Gasteiger partial charge in [-0.3, -0.25) is 14.9 Å². The van der Waals surface area contributed by atoms with E-state index >= 15 is 0 Å². The Hall–Kier alpha value is -0.640. The number of ether oxygens (including phenoxy) is 2. The molecule has 1 heterocycles. The number of hydrogen-bond acceptors (Lipinski definition) is 7. The van der Waals surface area contributed by atoms with Gasteiger partial charge in [-0.15, -0.1) is 11.6 Å². The largest absolute Gasteiger partial charge is 0.390 e. The predicted octanol–water partition coefficient (Wildman–Crippen LogP) is 2.02. The molecule has 2 aliphatic rings. The number of nitrogens with one attached hydrogen (secondary N) is 1. The zero-order valence-corrected chi connectivity index (χ0v) is 19.9. The van der Waals surface area contributed by atoms with E-state index in [2.05, 4.69) is 5.32 Å². The van der Waals surface area contributed by atoms with E-state index in [1.54, 1.807) is 6.92 Å². The number of amides is 2. The second-order valence-electron chi connectivity index (χ2n) is 8.48. The van der Waals surface area contributed by atoms with Crippen molar-refractivity contribution in [3.63, 3.8) is 0 Å². The first-order valence-corrected chi connectivity index (χ1v) is 11.9. The lowest BCUT2D eigenvalue weighted by Crippen LogP contribution is -2.75. The molecule has 1 aliphatic heterocycles. The molecule has 2 rings (SSSR count). The molecule has 6 atom stereocenters. The Kier molecular flexibility index (Phi) is 8.44.